The molecule has 0 saturated carbocycles. The van der Waals surface area contributed by atoms with E-state index in [0.717, 1.165) is 23.0 Å². The van der Waals surface area contributed by atoms with Gasteiger partial charge in [0.2, 0.25) is 0 Å². The van der Waals surface area contributed by atoms with Crippen molar-refractivity contribution in [3.63, 3.8) is 0 Å². The van der Waals surface area contributed by atoms with E-state index in [0.29, 0.717) is 28.5 Å². The summed E-state index contributed by atoms with van der Waals surface area (Å²) in [6, 6.07) is 17.0. The molecule has 4 aromatic rings. The van der Waals surface area contributed by atoms with Crippen molar-refractivity contribution in [3.05, 3.63) is 72.1 Å². The van der Waals surface area contributed by atoms with E-state index in [1.54, 1.807) is 48.2 Å². The first kappa shape index (κ1) is 23.1. The fourth-order valence-corrected chi connectivity index (χ4v) is 4.06. The number of aldehydes is 1. The number of ether oxygens (including phenoxy) is 1. The van der Waals surface area contributed by atoms with Crippen molar-refractivity contribution >= 4 is 11.9 Å². The third-order valence-electron chi connectivity index (χ3n) is 5.90. The Labute approximate surface area is 199 Å². The topological polar surface area (TPSA) is 83.5 Å². The summed E-state index contributed by atoms with van der Waals surface area (Å²) >= 11 is 0. The van der Waals surface area contributed by atoms with Gasteiger partial charge >= 0.3 is 6.01 Å². The van der Waals surface area contributed by atoms with Gasteiger partial charge in [0, 0.05) is 23.5 Å². The standard InChI is InChI=1S/C21H14N4O2.C6H13N/c1-27-21-24-19(17-8-2-14(12-22)3-9-17)18(20-23-10-11-25(20)21)16-6-4-15(13-26)5-7-16;1-7-5-3-2-4-6-7/h2-11,13H,1H3;2-6H2,1H3. The molecule has 2 aromatic carbocycles. The van der Waals surface area contributed by atoms with Crippen LogP contribution < -0.4 is 4.74 Å². The average Bonchev–Trinajstić information content (AvgIpc) is 3.39. The number of benzene rings is 2. The summed E-state index contributed by atoms with van der Waals surface area (Å²) in [5.41, 5.74) is 5.10. The number of imidazole rings is 1. The maximum atomic E-state index is 11.0. The smallest absolute Gasteiger partial charge is 0.302 e. The molecule has 0 aliphatic carbocycles. The van der Waals surface area contributed by atoms with Gasteiger partial charge < -0.3 is 9.64 Å². The first-order valence-corrected chi connectivity index (χ1v) is 11.3. The van der Waals surface area contributed by atoms with Crippen molar-refractivity contribution < 1.29 is 9.53 Å². The molecule has 34 heavy (non-hydrogen) atoms. The van der Waals surface area contributed by atoms with E-state index < -0.39 is 0 Å². The molecule has 0 unspecified atom stereocenters. The van der Waals surface area contributed by atoms with Gasteiger partial charge in [-0.15, -0.1) is 0 Å². The quantitative estimate of drug-likeness (QED) is 0.411. The van der Waals surface area contributed by atoms with Gasteiger partial charge in [-0.3, -0.25) is 9.20 Å². The van der Waals surface area contributed by atoms with E-state index in [1.807, 2.05) is 24.3 Å². The average molecular weight is 454 g/mol. The van der Waals surface area contributed by atoms with Gasteiger partial charge in [0.25, 0.3) is 0 Å². The molecule has 0 amide bonds. The lowest BCUT2D eigenvalue weighted by molar-refractivity contribution is 0.112. The highest BCUT2D eigenvalue weighted by Crippen LogP contribution is 2.35. The predicted octanol–water partition coefficient (Wildman–Crippen LogP) is 4.86. The number of piperidine rings is 1. The number of carbonyl (C=O) groups excluding carboxylic acids is 1. The molecule has 0 bridgehead atoms. The molecule has 1 aliphatic heterocycles. The van der Waals surface area contributed by atoms with Crippen LogP contribution in [0, 0.1) is 11.3 Å². The van der Waals surface area contributed by atoms with Gasteiger partial charge in [-0.05, 0) is 50.7 Å². The van der Waals surface area contributed by atoms with Gasteiger partial charge in [-0.25, -0.2) is 4.98 Å². The molecule has 7 heteroatoms. The largest absolute Gasteiger partial charge is 0.468 e. The Balaban J connectivity index is 0.000000336. The number of hydrogen-bond acceptors (Lipinski definition) is 6. The van der Waals surface area contributed by atoms with Gasteiger partial charge in [-0.2, -0.15) is 10.2 Å². The van der Waals surface area contributed by atoms with E-state index in [2.05, 4.69) is 28.0 Å². The van der Waals surface area contributed by atoms with Crippen molar-refractivity contribution in [3.8, 4) is 34.5 Å². The van der Waals surface area contributed by atoms with Gasteiger partial charge in [0.15, 0.2) is 5.65 Å². The first-order valence-electron chi connectivity index (χ1n) is 11.3. The third-order valence-corrected chi connectivity index (χ3v) is 5.90. The zero-order valence-corrected chi connectivity index (χ0v) is 19.4. The van der Waals surface area contributed by atoms with Crippen LogP contribution in [0.15, 0.2) is 60.9 Å². The van der Waals surface area contributed by atoms with Crippen LogP contribution in [-0.4, -0.2) is 52.8 Å². The SMILES string of the molecule is CN1CCCCC1.COc1nc(-c2ccc(C#N)cc2)c(-c2ccc(C=O)cc2)c2nccn12. The fraction of sp³-hybridized carbons (Fsp3) is 0.259. The Kier molecular flexibility index (Phi) is 7.31. The second-order valence-corrected chi connectivity index (χ2v) is 8.24. The van der Waals surface area contributed by atoms with E-state index in [9.17, 15) is 4.79 Å². The molecule has 2 aromatic heterocycles. The molecule has 1 aliphatic rings. The van der Waals surface area contributed by atoms with Crippen LogP contribution >= 0.6 is 0 Å². The van der Waals surface area contributed by atoms with Crippen LogP contribution in [-0.2, 0) is 0 Å². The summed E-state index contributed by atoms with van der Waals surface area (Å²) in [5, 5.41) is 9.05. The molecule has 172 valence electrons. The third kappa shape index (κ3) is 4.98. The van der Waals surface area contributed by atoms with Gasteiger partial charge in [-0.1, -0.05) is 42.8 Å². The summed E-state index contributed by atoms with van der Waals surface area (Å²) in [6.07, 6.45) is 8.55. The second-order valence-electron chi connectivity index (χ2n) is 8.24. The van der Waals surface area contributed by atoms with Crippen LogP contribution in [0.1, 0.15) is 35.2 Å². The molecular weight excluding hydrogens is 426 g/mol. The van der Waals surface area contributed by atoms with Crippen LogP contribution in [0.2, 0.25) is 0 Å². The first-order chi connectivity index (χ1) is 16.6. The minimum atomic E-state index is 0.412. The number of likely N-dealkylation sites (tertiary alicyclic amines) is 1. The van der Waals surface area contributed by atoms with E-state index >= 15 is 0 Å². The van der Waals surface area contributed by atoms with E-state index in [4.69, 9.17) is 10.00 Å². The molecule has 5 rings (SSSR count). The lowest BCUT2D eigenvalue weighted by Crippen LogP contribution is -2.24. The van der Waals surface area contributed by atoms with Gasteiger partial charge in [0.05, 0.1) is 30.0 Å². The van der Waals surface area contributed by atoms with Crippen molar-refractivity contribution in [2.75, 3.05) is 27.2 Å². The van der Waals surface area contributed by atoms with Crippen molar-refractivity contribution in [2.45, 2.75) is 19.3 Å². The highest BCUT2D eigenvalue weighted by atomic mass is 16.5. The monoisotopic (exact) mass is 453 g/mol. The molecule has 1 fully saturated rings. The summed E-state index contributed by atoms with van der Waals surface area (Å²) < 4.78 is 7.21. The molecule has 0 radical (unpaired) electrons. The molecule has 0 atom stereocenters. The van der Waals surface area contributed by atoms with Crippen molar-refractivity contribution in [1.29, 1.82) is 5.26 Å². The summed E-state index contributed by atoms with van der Waals surface area (Å²) in [5.74, 6) is 0. The summed E-state index contributed by atoms with van der Waals surface area (Å²) in [7, 11) is 3.75. The Morgan fingerprint density at radius 2 is 1.68 bits per heavy atom. The molecule has 3 heterocycles. The normalized spacial score (nSPS) is 13.6. The lowest BCUT2D eigenvalue weighted by atomic mass is 9.98. The summed E-state index contributed by atoms with van der Waals surface area (Å²) in [4.78, 5) is 22.6. The minimum absolute atomic E-state index is 0.412. The second kappa shape index (κ2) is 10.7. The molecule has 0 spiro atoms. The highest BCUT2D eigenvalue weighted by Gasteiger charge is 2.18. The molecule has 1 saturated heterocycles. The number of aromatic nitrogens is 3. The summed E-state index contributed by atoms with van der Waals surface area (Å²) in [6.45, 7) is 2.64. The number of carbonyl (C=O) groups is 1. The number of fused-ring (bicyclic) bond motifs is 1. The number of nitriles is 1. The van der Waals surface area contributed by atoms with Crippen LogP contribution in [0.3, 0.4) is 0 Å². The van der Waals surface area contributed by atoms with Crippen LogP contribution in [0.4, 0.5) is 0 Å². The Morgan fingerprint density at radius 1 is 1.00 bits per heavy atom. The van der Waals surface area contributed by atoms with E-state index in [-0.39, 0.29) is 0 Å². The van der Waals surface area contributed by atoms with Gasteiger partial charge in [0.1, 0.15) is 6.29 Å². The lowest BCUT2D eigenvalue weighted by Gasteiger charge is -2.20. The number of methoxy groups -OCH3 is 1. The number of nitrogens with zero attached hydrogens (tertiary/aromatic N) is 5. The molecule has 0 N–H and O–H groups in total. The maximum absolute atomic E-state index is 11.0. The number of hydrogen-bond donors (Lipinski definition) is 0. The zero-order chi connectivity index (χ0) is 23.9. The highest BCUT2D eigenvalue weighted by molar-refractivity contribution is 5.91. The van der Waals surface area contributed by atoms with E-state index in [1.165, 1.54) is 32.4 Å². The molecule has 7 nitrogen and oxygen atoms in total. The Morgan fingerprint density at radius 3 is 2.24 bits per heavy atom. The van der Waals surface area contributed by atoms with Crippen molar-refractivity contribution in [1.82, 2.24) is 19.3 Å². The predicted molar refractivity (Wildman–Crippen MR) is 132 cm³/mol. The Bertz CT molecular complexity index is 1300. The van der Waals surface area contributed by atoms with Crippen LogP contribution in [0.5, 0.6) is 6.01 Å². The fourth-order valence-electron chi connectivity index (χ4n) is 4.06. The maximum Gasteiger partial charge on any atom is 0.302 e. The Hall–Kier alpha value is -4.02. The number of rotatable bonds is 4. The van der Waals surface area contributed by atoms with Crippen LogP contribution in [0.25, 0.3) is 28.0 Å². The molecular formula is C27H27N5O2. The zero-order valence-electron chi connectivity index (χ0n) is 19.4. The minimum Gasteiger partial charge on any atom is -0.468 e. The van der Waals surface area contributed by atoms with Crippen molar-refractivity contribution in [2.24, 2.45) is 0 Å².